The molecular weight excluding hydrogens is 345 g/mol. The molecule has 0 aromatic carbocycles. The number of nitrogens with one attached hydrogen (secondary N) is 1. The van der Waals surface area contributed by atoms with E-state index in [2.05, 4.69) is 25.4 Å². The zero-order chi connectivity index (χ0) is 17.7. The lowest BCUT2D eigenvalue weighted by Gasteiger charge is -2.49. The van der Waals surface area contributed by atoms with Gasteiger partial charge in [-0.25, -0.2) is 14.4 Å². The first-order valence-corrected chi connectivity index (χ1v) is 8.69. The molecule has 8 heteroatoms. The Kier molecular flexibility index (Phi) is 3.79. The van der Waals surface area contributed by atoms with Crippen LogP contribution >= 0.6 is 11.6 Å². The van der Waals surface area contributed by atoms with E-state index in [1.54, 1.807) is 12.3 Å². The summed E-state index contributed by atoms with van der Waals surface area (Å²) in [7, 11) is 0. The number of hydrogen-bond acceptors (Lipinski definition) is 6. The average molecular weight is 364 g/mol. The summed E-state index contributed by atoms with van der Waals surface area (Å²) in [5, 5.41) is 7.69. The molecule has 2 aromatic rings. The number of hydrogen-bond donors (Lipinski definition) is 1. The second-order valence-electron chi connectivity index (χ2n) is 7.39. The second kappa shape index (κ2) is 5.76. The van der Waals surface area contributed by atoms with Crippen LogP contribution in [0.2, 0.25) is 5.15 Å². The fraction of sp³-hybridized carbons (Fsp3) is 0.529. The zero-order valence-corrected chi connectivity index (χ0v) is 14.9. The molecule has 3 aliphatic rings. The molecule has 2 heterocycles. The van der Waals surface area contributed by atoms with E-state index in [1.165, 1.54) is 19.4 Å². The Bertz CT molecular complexity index is 834. The molecule has 132 valence electrons. The summed E-state index contributed by atoms with van der Waals surface area (Å²) in [6, 6.07) is 1.65. The van der Waals surface area contributed by atoms with Crippen molar-refractivity contribution in [3.05, 3.63) is 34.7 Å². The van der Waals surface area contributed by atoms with Crippen molar-refractivity contribution >= 4 is 23.1 Å². The van der Waals surface area contributed by atoms with Crippen molar-refractivity contribution in [1.82, 2.24) is 20.1 Å². The average Bonchev–Trinajstić information content (AvgIpc) is 3.02. The van der Waals surface area contributed by atoms with Crippen molar-refractivity contribution in [2.75, 3.05) is 11.9 Å². The van der Waals surface area contributed by atoms with Crippen LogP contribution in [-0.2, 0) is 5.67 Å². The standard InChI is InChI=1S/C17H19ClFN5O/c1-16(2,19)14-23-13(24-25-14)11-3-5-17(7-10(11)8-17)9-21-15-20-6-4-12(18)22-15/h4,6H,3,5,7-9H2,1-2H3,(H,20,21,22). The molecule has 0 radical (unpaired) electrons. The van der Waals surface area contributed by atoms with Gasteiger partial charge in [-0.15, -0.1) is 0 Å². The number of fused-ring (bicyclic) bond motifs is 2. The first-order chi connectivity index (χ1) is 11.8. The predicted octanol–water partition coefficient (Wildman–Crippen LogP) is 4.16. The third-order valence-corrected chi connectivity index (χ3v) is 5.17. The predicted molar refractivity (Wildman–Crippen MR) is 91.8 cm³/mol. The summed E-state index contributed by atoms with van der Waals surface area (Å²) in [5.74, 6) is 1.12. The Morgan fingerprint density at radius 3 is 2.76 bits per heavy atom. The van der Waals surface area contributed by atoms with E-state index in [4.69, 9.17) is 16.1 Å². The Balaban J connectivity index is 1.44. The summed E-state index contributed by atoms with van der Waals surface area (Å²) in [6.07, 6.45) is 5.50. The van der Waals surface area contributed by atoms with Gasteiger partial charge in [0.1, 0.15) is 5.15 Å². The molecule has 0 spiro atoms. The topological polar surface area (TPSA) is 76.7 Å². The molecule has 25 heavy (non-hydrogen) atoms. The largest absolute Gasteiger partial charge is 0.354 e. The van der Waals surface area contributed by atoms with Crippen LogP contribution in [0.1, 0.15) is 51.2 Å². The highest BCUT2D eigenvalue weighted by atomic mass is 35.5. The summed E-state index contributed by atoms with van der Waals surface area (Å²) in [5.41, 5.74) is 1.05. The van der Waals surface area contributed by atoms with E-state index < -0.39 is 5.67 Å². The molecule has 0 saturated heterocycles. The first-order valence-electron chi connectivity index (χ1n) is 8.31. The van der Waals surface area contributed by atoms with Crippen molar-refractivity contribution in [2.24, 2.45) is 5.41 Å². The van der Waals surface area contributed by atoms with E-state index in [9.17, 15) is 4.39 Å². The normalized spacial score (nSPS) is 18.9. The molecule has 2 aromatic heterocycles. The molecule has 6 nitrogen and oxygen atoms in total. The van der Waals surface area contributed by atoms with Crippen LogP contribution in [-0.4, -0.2) is 26.7 Å². The van der Waals surface area contributed by atoms with Gasteiger partial charge in [0.25, 0.3) is 5.89 Å². The van der Waals surface area contributed by atoms with Crippen molar-refractivity contribution in [3.8, 4) is 0 Å². The van der Waals surface area contributed by atoms with E-state index in [-0.39, 0.29) is 11.3 Å². The minimum Gasteiger partial charge on any atom is -0.354 e. The van der Waals surface area contributed by atoms with Crippen LogP contribution in [0, 0.1) is 5.41 Å². The highest BCUT2D eigenvalue weighted by Gasteiger charge is 2.46. The number of alkyl halides is 1. The molecule has 2 bridgehead atoms. The highest BCUT2D eigenvalue weighted by molar-refractivity contribution is 6.29. The Morgan fingerprint density at radius 2 is 2.16 bits per heavy atom. The first kappa shape index (κ1) is 16.4. The molecule has 5 rings (SSSR count). The van der Waals surface area contributed by atoms with E-state index in [1.807, 2.05) is 0 Å². The lowest BCUT2D eigenvalue weighted by atomic mass is 9.57. The SMILES string of the molecule is CC(C)(F)c1nc(C2=C3CC(CNc4nccc(Cl)n4)(CC2)C3)no1. The van der Waals surface area contributed by atoms with Gasteiger partial charge >= 0.3 is 0 Å². The van der Waals surface area contributed by atoms with Gasteiger partial charge in [0.15, 0.2) is 11.5 Å². The molecular formula is C17H19ClFN5O. The quantitative estimate of drug-likeness (QED) is 0.804. The number of rotatable bonds is 5. The fourth-order valence-electron chi connectivity index (χ4n) is 3.57. The monoisotopic (exact) mass is 363 g/mol. The van der Waals surface area contributed by atoms with Crippen LogP contribution in [0.15, 0.2) is 22.4 Å². The van der Waals surface area contributed by atoms with Crippen LogP contribution in [0.3, 0.4) is 0 Å². The van der Waals surface area contributed by atoms with E-state index in [0.29, 0.717) is 16.9 Å². The molecule has 0 aliphatic heterocycles. The number of anilines is 1. The molecule has 0 unspecified atom stereocenters. The zero-order valence-electron chi connectivity index (χ0n) is 14.1. The molecule has 3 aliphatic carbocycles. The molecule has 0 amide bonds. The van der Waals surface area contributed by atoms with Crippen molar-refractivity contribution < 1.29 is 8.91 Å². The molecule has 1 saturated carbocycles. The molecule has 0 atom stereocenters. The van der Waals surface area contributed by atoms with Crippen LogP contribution in [0.5, 0.6) is 0 Å². The van der Waals surface area contributed by atoms with Crippen molar-refractivity contribution in [1.29, 1.82) is 0 Å². The summed E-state index contributed by atoms with van der Waals surface area (Å²) in [4.78, 5) is 12.6. The van der Waals surface area contributed by atoms with Gasteiger partial charge in [-0.1, -0.05) is 22.3 Å². The van der Waals surface area contributed by atoms with Crippen molar-refractivity contribution in [2.45, 2.75) is 45.2 Å². The van der Waals surface area contributed by atoms with E-state index >= 15 is 0 Å². The number of aromatic nitrogens is 4. The third-order valence-electron chi connectivity index (χ3n) is 4.96. The van der Waals surface area contributed by atoms with Crippen LogP contribution < -0.4 is 5.32 Å². The maximum absolute atomic E-state index is 13.9. The number of nitrogens with zero attached hydrogens (tertiary/aromatic N) is 4. The minimum atomic E-state index is -1.62. The van der Waals surface area contributed by atoms with Gasteiger partial charge in [0.05, 0.1) is 0 Å². The van der Waals surface area contributed by atoms with Gasteiger partial charge in [-0.2, -0.15) is 4.98 Å². The fourth-order valence-corrected chi connectivity index (χ4v) is 3.71. The minimum absolute atomic E-state index is 0.0338. The van der Waals surface area contributed by atoms with Gasteiger partial charge in [0, 0.05) is 12.7 Å². The summed E-state index contributed by atoms with van der Waals surface area (Å²) in [6.45, 7) is 3.64. The van der Waals surface area contributed by atoms with Gasteiger partial charge in [-0.05, 0) is 56.6 Å². The summed E-state index contributed by atoms with van der Waals surface area (Å²) < 4.78 is 19.0. The Labute approximate surface area is 149 Å². The Hall–Kier alpha value is -2.02. The van der Waals surface area contributed by atoms with E-state index in [0.717, 1.165) is 37.8 Å². The highest BCUT2D eigenvalue weighted by Crippen LogP contribution is 2.56. The maximum Gasteiger partial charge on any atom is 0.264 e. The summed E-state index contributed by atoms with van der Waals surface area (Å²) >= 11 is 5.88. The van der Waals surface area contributed by atoms with Gasteiger partial charge in [0.2, 0.25) is 5.95 Å². The van der Waals surface area contributed by atoms with Gasteiger partial charge < -0.3 is 9.84 Å². The maximum atomic E-state index is 13.9. The lowest BCUT2D eigenvalue weighted by molar-refractivity contribution is 0.155. The van der Waals surface area contributed by atoms with Gasteiger partial charge in [-0.3, -0.25) is 0 Å². The number of allylic oxidation sites excluding steroid dienone is 2. The Morgan fingerprint density at radius 1 is 1.36 bits per heavy atom. The molecule has 1 fully saturated rings. The smallest absolute Gasteiger partial charge is 0.264 e. The molecule has 1 N–H and O–H groups in total. The second-order valence-corrected chi connectivity index (χ2v) is 7.78. The van der Waals surface area contributed by atoms with Crippen molar-refractivity contribution in [3.63, 3.8) is 0 Å². The lowest BCUT2D eigenvalue weighted by Crippen LogP contribution is -2.41. The van der Waals surface area contributed by atoms with Crippen LogP contribution in [0.25, 0.3) is 5.57 Å². The third kappa shape index (κ3) is 3.13. The number of halogens is 2. The van der Waals surface area contributed by atoms with Crippen LogP contribution in [0.4, 0.5) is 10.3 Å².